The molecule has 0 aromatic heterocycles. The van der Waals surface area contributed by atoms with Gasteiger partial charge in [0.1, 0.15) is 5.75 Å². The summed E-state index contributed by atoms with van der Waals surface area (Å²) in [7, 11) is 0. The van der Waals surface area contributed by atoms with Gasteiger partial charge in [-0.3, -0.25) is 4.79 Å². The van der Waals surface area contributed by atoms with E-state index in [-0.39, 0.29) is 6.61 Å². The Bertz CT molecular complexity index is 388. The van der Waals surface area contributed by atoms with Gasteiger partial charge in [0.15, 0.2) is 6.61 Å². The van der Waals surface area contributed by atoms with Crippen LogP contribution in [0.1, 0.15) is 12.5 Å². The molecule has 0 radical (unpaired) electrons. The van der Waals surface area contributed by atoms with Crippen molar-refractivity contribution in [1.29, 1.82) is 0 Å². The molecule has 0 aliphatic heterocycles. The lowest BCUT2D eigenvalue weighted by molar-refractivity contribution is -0.119. The number of benzene rings is 1. The summed E-state index contributed by atoms with van der Waals surface area (Å²) in [6, 6.07) is 6.93. The van der Waals surface area contributed by atoms with E-state index in [1.807, 2.05) is 0 Å². The number of oxime groups is 1. The number of nitrogens with two attached hydrogens (primary N) is 1. The second kappa shape index (κ2) is 4.99. The fourth-order valence-corrected chi connectivity index (χ4v) is 1.09. The lowest BCUT2D eigenvalue weighted by Gasteiger charge is -2.08. The molecule has 0 heterocycles. The van der Waals surface area contributed by atoms with Crippen LogP contribution in [0.5, 0.6) is 5.75 Å². The fraction of sp³-hybridized carbons (Fsp3) is 0.200. The molecule has 0 saturated heterocycles. The van der Waals surface area contributed by atoms with Crippen molar-refractivity contribution in [3.63, 3.8) is 0 Å². The zero-order valence-corrected chi connectivity index (χ0v) is 8.30. The monoisotopic (exact) mass is 208 g/mol. The minimum atomic E-state index is -0.552. The van der Waals surface area contributed by atoms with E-state index in [4.69, 9.17) is 15.7 Å². The molecule has 1 aromatic rings. The van der Waals surface area contributed by atoms with Gasteiger partial charge in [-0.1, -0.05) is 17.3 Å². The number of hydrogen-bond acceptors (Lipinski definition) is 4. The van der Waals surface area contributed by atoms with Crippen molar-refractivity contribution in [3.8, 4) is 5.75 Å². The Hall–Kier alpha value is -2.04. The van der Waals surface area contributed by atoms with E-state index in [2.05, 4.69) is 5.16 Å². The number of amides is 1. The van der Waals surface area contributed by atoms with Crippen LogP contribution in [0.3, 0.4) is 0 Å². The molecule has 0 atom stereocenters. The highest BCUT2D eigenvalue weighted by atomic mass is 16.5. The Morgan fingerprint density at radius 3 is 2.80 bits per heavy atom. The van der Waals surface area contributed by atoms with Crippen LogP contribution in [0.25, 0.3) is 0 Å². The van der Waals surface area contributed by atoms with Crippen LogP contribution in [-0.2, 0) is 4.79 Å². The number of para-hydroxylation sites is 1. The highest BCUT2D eigenvalue weighted by molar-refractivity contribution is 6.00. The van der Waals surface area contributed by atoms with Crippen LogP contribution in [-0.4, -0.2) is 23.4 Å². The minimum absolute atomic E-state index is 0.199. The Morgan fingerprint density at radius 2 is 2.20 bits per heavy atom. The zero-order valence-electron chi connectivity index (χ0n) is 8.30. The highest BCUT2D eigenvalue weighted by Crippen LogP contribution is 2.18. The van der Waals surface area contributed by atoms with E-state index in [1.165, 1.54) is 0 Å². The number of rotatable bonds is 4. The summed E-state index contributed by atoms with van der Waals surface area (Å²) in [6.07, 6.45) is 0. The molecule has 80 valence electrons. The Labute approximate surface area is 87.1 Å². The van der Waals surface area contributed by atoms with Crippen molar-refractivity contribution in [3.05, 3.63) is 29.8 Å². The van der Waals surface area contributed by atoms with Gasteiger partial charge in [-0.15, -0.1) is 0 Å². The van der Waals surface area contributed by atoms with Gasteiger partial charge in [0.05, 0.1) is 5.71 Å². The predicted octanol–water partition coefficient (Wildman–Crippen LogP) is 0.749. The van der Waals surface area contributed by atoms with Crippen LogP contribution in [0.15, 0.2) is 29.4 Å². The van der Waals surface area contributed by atoms with Gasteiger partial charge < -0.3 is 15.7 Å². The first-order valence-electron chi connectivity index (χ1n) is 4.34. The number of ether oxygens (including phenoxy) is 1. The largest absolute Gasteiger partial charge is 0.483 e. The molecule has 0 fully saturated rings. The second-order valence-electron chi connectivity index (χ2n) is 2.94. The molecule has 5 nitrogen and oxygen atoms in total. The lowest BCUT2D eigenvalue weighted by atomic mass is 10.1. The third-order valence-corrected chi connectivity index (χ3v) is 1.80. The van der Waals surface area contributed by atoms with E-state index in [0.29, 0.717) is 17.0 Å². The van der Waals surface area contributed by atoms with Gasteiger partial charge in [-0.25, -0.2) is 0 Å². The van der Waals surface area contributed by atoms with Crippen LogP contribution in [0, 0.1) is 0 Å². The smallest absolute Gasteiger partial charge is 0.255 e. The summed E-state index contributed by atoms with van der Waals surface area (Å²) in [5.74, 6) is -0.0880. The number of carbonyl (C=O) groups excluding carboxylic acids is 1. The van der Waals surface area contributed by atoms with Crippen molar-refractivity contribution < 1.29 is 14.7 Å². The first-order valence-corrected chi connectivity index (χ1v) is 4.34. The van der Waals surface area contributed by atoms with Crippen LogP contribution in [0.4, 0.5) is 0 Å². The topological polar surface area (TPSA) is 84.9 Å². The summed E-state index contributed by atoms with van der Waals surface area (Å²) in [6.45, 7) is 1.43. The van der Waals surface area contributed by atoms with Crippen molar-refractivity contribution in [2.45, 2.75) is 6.92 Å². The molecule has 0 aliphatic rings. The number of nitrogens with zero attached hydrogens (tertiary/aromatic N) is 1. The van der Waals surface area contributed by atoms with Gasteiger partial charge in [0.25, 0.3) is 5.91 Å². The summed E-state index contributed by atoms with van der Waals surface area (Å²) in [5.41, 5.74) is 5.99. The maximum absolute atomic E-state index is 10.5. The number of carbonyl (C=O) groups is 1. The number of hydrogen-bond donors (Lipinski definition) is 2. The quantitative estimate of drug-likeness (QED) is 0.435. The van der Waals surface area contributed by atoms with Crippen LogP contribution < -0.4 is 10.5 Å². The highest BCUT2D eigenvalue weighted by Gasteiger charge is 2.07. The normalized spacial score (nSPS) is 11.1. The maximum Gasteiger partial charge on any atom is 0.255 e. The Kier molecular flexibility index (Phi) is 3.68. The molecule has 5 heteroatoms. The van der Waals surface area contributed by atoms with Gasteiger partial charge in [-0.2, -0.15) is 0 Å². The van der Waals surface area contributed by atoms with Crippen LogP contribution in [0.2, 0.25) is 0 Å². The van der Waals surface area contributed by atoms with Crippen LogP contribution >= 0.6 is 0 Å². The maximum atomic E-state index is 10.5. The second-order valence-corrected chi connectivity index (χ2v) is 2.94. The molecule has 1 aromatic carbocycles. The summed E-state index contributed by atoms with van der Waals surface area (Å²) >= 11 is 0. The molecular formula is C10H12N2O3. The van der Waals surface area contributed by atoms with Gasteiger partial charge >= 0.3 is 0 Å². The van der Waals surface area contributed by atoms with Crippen molar-refractivity contribution in [1.82, 2.24) is 0 Å². The zero-order chi connectivity index (χ0) is 11.3. The van der Waals surface area contributed by atoms with E-state index in [1.54, 1.807) is 31.2 Å². The van der Waals surface area contributed by atoms with Crippen molar-refractivity contribution in [2.24, 2.45) is 10.9 Å². The van der Waals surface area contributed by atoms with E-state index >= 15 is 0 Å². The molecule has 0 unspecified atom stereocenters. The molecule has 0 spiro atoms. The predicted molar refractivity (Wildman–Crippen MR) is 55.1 cm³/mol. The summed E-state index contributed by atoms with van der Waals surface area (Å²) < 4.78 is 5.16. The Morgan fingerprint density at radius 1 is 1.53 bits per heavy atom. The molecule has 1 rings (SSSR count). The molecule has 1 amide bonds. The van der Waals surface area contributed by atoms with E-state index in [0.717, 1.165) is 0 Å². The summed E-state index contributed by atoms with van der Waals surface area (Å²) in [5, 5.41) is 11.7. The van der Waals surface area contributed by atoms with Crippen molar-refractivity contribution in [2.75, 3.05) is 6.61 Å². The standard InChI is InChI=1S/C10H12N2O3/c1-7(12-14)8-4-2-3-5-9(8)15-6-10(11)13/h2-5,14H,6H2,1H3,(H2,11,13)/b12-7+. The molecule has 3 N–H and O–H groups in total. The van der Waals surface area contributed by atoms with Crippen molar-refractivity contribution >= 4 is 11.6 Å². The SMILES string of the molecule is C/C(=N\O)c1ccccc1OCC(N)=O. The first kappa shape index (κ1) is 11.0. The van der Waals surface area contributed by atoms with E-state index in [9.17, 15) is 4.79 Å². The Balaban J connectivity index is 2.91. The van der Waals surface area contributed by atoms with E-state index < -0.39 is 5.91 Å². The third-order valence-electron chi connectivity index (χ3n) is 1.80. The molecule has 0 bridgehead atoms. The molecule has 0 aliphatic carbocycles. The minimum Gasteiger partial charge on any atom is -0.483 e. The number of primary amides is 1. The first-order chi connectivity index (χ1) is 7.15. The van der Waals surface area contributed by atoms with Gasteiger partial charge in [0, 0.05) is 5.56 Å². The molecule has 15 heavy (non-hydrogen) atoms. The van der Waals surface area contributed by atoms with Gasteiger partial charge in [0.2, 0.25) is 0 Å². The average molecular weight is 208 g/mol. The fourth-order valence-electron chi connectivity index (χ4n) is 1.09. The lowest BCUT2D eigenvalue weighted by Crippen LogP contribution is -2.20. The molecule has 0 saturated carbocycles. The average Bonchev–Trinajstić information content (AvgIpc) is 2.25. The third kappa shape index (κ3) is 2.98. The molecular weight excluding hydrogens is 196 g/mol. The summed E-state index contributed by atoms with van der Waals surface area (Å²) in [4.78, 5) is 10.5. The van der Waals surface area contributed by atoms with Gasteiger partial charge in [-0.05, 0) is 19.1 Å².